The van der Waals surface area contributed by atoms with Gasteiger partial charge in [0.2, 0.25) is 0 Å². The number of hydrogen-bond acceptors (Lipinski definition) is 4. The Kier molecular flexibility index (Phi) is 7.34. The van der Waals surface area contributed by atoms with Crippen LogP contribution >= 0.6 is 23.5 Å². The van der Waals surface area contributed by atoms with E-state index in [1.807, 2.05) is 23.5 Å². The summed E-state index contributed by atoms with van der Waals surface area (Å²) in [6.45, 7) is 3.26. The monoisotopic (exact) mass is 208 g/mol. The van der Waals surface area contributed by atoms with Crippen LogP contribution in [0.15, 0.2) is 0 Å². The number of hydrogen-bond donors (Lipinski definition) is 0. The Balaban J connectivity index is 2.00. The first-order chi connectivity index (χ1) is 6.00. The zero-order chi connectivity index (χ0) is 8.49. The van der Waals surface area contributed by atoms with Gasteiger partial charge in [0, 0.05) is 23.0 Å². The molecule has 0 N–H and O–H groups in total. The molecule has 0 spiro atoms. The minimum absolute atomic E-state index is 0.755. The summed E-state index contributed by atoms with van der Waals surface area (Å²) in [6.07, 6.45) is 0. The minimum atomic E-state index is 0.755. The molecule has 1 aliphatic rings. The molecule has 2 nitrogen and oxygen atoms in total. The first-order valence-electron chi connectivity index (χ1n) is 4.31. The van der Waals surface area contributed by atoms with E-state index in [9.17, 15) is 0 Å². The van der Waals surface area contributed by atoms with E-state index in [4.69, 9.17) is 9.47 Å². The molecule has 0 saturated carbocycles. The van der Waals surface area contributed by atoms with E-state index < -0.39 is 0 Å². The standard InChI is InChI=1S/C8H16O2S2/c1-2-10-4-6-12-8-7-11-5-3-9-1/h1-8H2. The van der Waals surface area contributed by atoms with E-state index in [1.54, 1.807) is 0 Å². The fraction of sp³-hybridized carbons (Fsp3) is 1.00. The van der Waals surface area contributed by atoms with Gasteiger partial charge >= 0.3 is 0 Å². The molecule has 0 aromatic carbocycles. The van der Waals surface area contributed by atoms with Gasteiger partial charge in [-0.05, 0) is 0 Å². The SMILES string of the molecule is C1COCCSCCSCCO1. The van der Waals surface area contributed by atoms with Gasteiger partial charge in [-0.25, -0.2) is 0 Å². The maximum absolute atomic E-state index is 5.35. The largest absolute Gasteiger partial charge is 0.378 e. The summed E-state index contributed by atoms with van der Waals surface area (Å²) < 4.78 is 10.7. The molecule has 1 saturated heterocycles. The van der Waals surface area contributed by atoms with Crippen LogP contribution in [0, 0.1) is 0 Å². The molecule has 1 rings (SSSR count). The second-order valence-corrected chi connectivity index (χ2v) is 4.90. The number of thioether (sulfide) groups is 2. The molecule has 1 aliphatic heterocycles. The topological polar surface area (TPSA) is 18.5 Å². The molecule has 0 aromatic rings. The van der Waals surface area contributed by atoms with Crippen molar-refractivity contribution in [3.05, 3.63) is 0 Å². The zero-order valence-corrected chi connectivity index (χ0v) is 8.92. The fourth-order valence-corrected chi connectivity index (χ4v) is 2.70. The van der Waals surface area contributed by atoms with Crippen LogP contribution in [0.2, 0.25) is 0 Å². The summed E-state index contributed by atoms with van der Waals surface area (Å²) in [5.41, 5.74) is 0. The Hall–Kier alpha value is 0.620. The lowest BCUT2D eigenvalue weighted by molar-refractivity contribution is 0.0604. The van der Waals surface area contributed by atoms with Crippen molar-refractivity contribution in [2.24, 2.45) is 0 Å². The molecule has 72 valence electrons. The quantitative estimate of drug-likeness (QED) is 0.600. The van der Waals surface area contributed by atoms with Gasteiger partial charge in [-0.15, -0.1) is 0 Å². The molecule has 0 atom stereocenters. The highest BCUT2D eigenvalue weighted by atomic mass is 32.2. The van der Waals surface area contributed by atoms with Gasteiger partial charge in [0.1, 0.15) is 0 Å². The van der Waals surface area contributed by atoms with Gasteiger partial charge in [-0.1, -0.05) is 0 Å². The Bertz CT molecular complexity index is 58.0. The third-order valence-corrected chi connectivity index (χ3v) is 3.64. The summed E-state index contributed by atoms with van der Waals surface area (Å²) in [7, 11) is 0. The van der Waals surface area contributed by atoms with E-state index >= 15 is 0 Å². The van der Waals surface area contributed by atoms with Crippen molar-refractivity contribution < 1.29 is 9.47 Å². The molecule has 0 bridgehead atoms. The van der Waals surface area contributed by atoms with Crippen molar-refractivity contribution >= 4 is 23.5 Å². The lowest BCUT2D eigenvalue weighted by Gasteiger charge is -2.08. The Morgan fingerprint density at radius 3 is 1.58 bits per heavy atom. The van der Waals surface area contributed by atoms with Crippen molar-refractivity contribution in [2.75, 3.05) is 49.4 Å². The summed E-state index contributed by atoms with van der Waals surface area (Å²) in [5, 5.41) is 0. The van der Waals surface area contributed by atoms with Crippen LogP contribution < -0.4 is 0 Å². The average Bonchev–Trinajstić information content (AvgIpc) is 2.05. The second kappa shape index (κ2) is 8.23. The van der Waals surface area contributed by atoms with E-state index in [2.05, 4.69) is 0 Å². The van der Waals surface area contributed by atoms with Crippen molar-refractivity contribution in [1.29, 1.82) is 0 Å². The van der Waals surface area contributed by atoms with Gasteiger partial charge in [-0.3, -0.25) is 0 Å². The van der Waals surface area contributed by atoms with Gasteiger partial charge in [0.25, 0.3) is 0 Å². The molecule has 0 unspecified atom stereocenters. The Morgan fingerprint density at radius 2 is 1.08 bits per heavy atom. The molecule has 12 heavy (non-hydrogen) atoms. The van der Waals surface area contributed by atoms with Gasteiger partial charge in [0.05, 0.1) is 26.4 Å². The van der Waals surface area contributed by atoms with Crippen LogP contribution in [0.3, 0.4) is 0 Å². The van der Waals surface area contributed by atoms with E-state index in [1.165, 1.54) is 11.5 Å². The zero-order valence-electron chi connectivity index (χ0n) is 7.29. The normalized spacial score (nSPS) is 24.0. The third-order valence-electron chi connectivity index (χ3n) is 1.49. The first kappa shape index (κ1) is 10.7. The predicted molar refractivity (Wildman–Crippen MR) is 56.3 cm³/mol. The summed E-state index contributed by atoms with van der Waals surface area (Å²) in [6, 6.07) is 0. The number of rotatable bonds is 0. The molecule has 0 aromatic heterocycles. The van der Waals surface area contributed by atoms with Crippen molar-refractivity contribution in [1.82, 2.24) is 0 Å². The third kappa shape index (κ3) is 6.17. The lowest BCUT2D eigenvalue weighted by Crippen LogP contribution is -2.09. The summed E-state index contributed by atoms with van der Waals surface area (Å²) >= 11 is 3.96. The molecule has 4 heteroatoms. The van der Waals surface area contributed by atoms with E-state index in [-0.39, 0.29) is 0 Å². The highest BCUT2D eigenvalue weighted by Crippen LogP contribution is 2.07. The highest BCUT2D eigenvalue weighted by molar-refractivity contribution is 8.02. The Labute approximate surface area is 82.8 Å². The van der Waals surface area contributed by atoms with Crippen LogP contribution in [0.25, 0.3) is 0 Å². The van der Waals surface area contributed by atoms with Crippen LogP contribution in [0.5, 0.6) is 0 Å². The van der Waals surface area contributed by atoms with Gasteiger partial charge in [0.15, 0.2) is 0 Å². The predicted octanol–water partition coefficient (Wildman–Crippen LogP) is 1.50. The molecular weight excluding hydrogens is 192 g/mol. The van der Waals surface area contributed by atoms with Crippen molar-refractivity contribution in [3.8, 4) is 0 Å². The molecule has 1 heterocycles. The molecule has 0 aliphatic carbocycles. The maximum Gasteiger partial charge on any atom is 0.0700 e. The average molecular weight is 208 g/mol. The minimum Gasteiger partial charge on any atom is -0.378 e. The fourth-order valence-electron chi connectivity index (χ4n) is 0.880. The van der Waals surface area contributed by atoms with E-state index in [0.29, 0.717) is 0 Å². The second-order valence-electron chi connectivity index (χ2n) is 2.45. The maximum atomic E-state index is 5.35. The van der Waals surface area contributed by atoms with Crippen molar-refractivity contribution in [3.63, 3.8) is 0 Å². The number of ether oxygens (including phenoxy) is 2. The Morgan fingerprint density at radius 1 is 0.583 bits per heavy atom. The molecule has 0 amide bonds. The smallest absolute Gasteiger partial charge is 0.0700 e. The van der Waals surface area contributed by atoms with Gasteiger partial charge < -0.3 is 9.47 Å². The summed E-state index contributed by atoms with van der Waals surface area (Å²) in [4.78, 5) is 0. The van der Waals surface area contributed by atoms with Gasteiger partial charge in [-0.2, -0.15) is 23.5 Å². The molecule has 0 radical (unpaired) electrons. The van der Waals surface area contributed by atoms with Crippen LogP contribution in [-0.4, -0.2) is 49.4 Å². The van der Waals surface area contributed by atoms with Crippen LogP contribution in [-0.2, 0) is 9.47 Å². The van der Waals surface area contributed by atoms with Crippen molar-refractivity contribution in [2.45, 2.75) is 0 Å². The molecule has 1 fully saturated rings. The van der Waals surface area contributed by atoms with Crippen LogP contribution in [0.1, 0.15) is 0 Å². The van der Waals surface area contributed by atoms with Crippen LogP contribution in [0.4, 0.5) is 0 Å². The highest BCUT2D eigenvalue weighted by Gasteiger charge is 1.95. The lowest BCUT2D eigenvalue weighted by atomic mass is 10.7. The summed E-state index contributed by atoms with van der Waals surface area (Å²) in [5.74, 6) is 4.74. The first-order valence-corrected chi connectivity index (χ1v) is 6.62. The molecular formula is C8H16O2S2. The van der Waals surface area contributed by atoms with E-state index in [0.717, 1.165) is 37.9 Å².